The highest BCUT2D eigenvalue weighted by atomic mass is 16.5. The molecule has 0 aromatic heterocycles. The minimum absolute atomic E-state index is 0.0531. The van der Waals surface area contributed by atoms with Crippen LogP contribution in [-0.2, 0) is 9.59 Å². The lowest BCUT2D eigenvalue weighted by atomic mass is 10.1. The zero-order chi connectivity index (χ0) is 15.2. The van der Waals surface area contributed by atoms with Crippen LogP contribution in [0.1, 0.15) is 34.1 Å². The van der Waals surface area contributed by atoms with Crippen LogP contribution < -0.4 is 15.4 Å². The maximum atomic E-state index is 11.6. The zero-order valence-corrected chi connectivity index (χ0v) is 12.4. The molecule has 0 aliphatic rings. The summed E-state index contributed by atoms with van der Waals surface area (Å²) in [5.41, 5.74) is 0.378. The molecule has 0 fully saturated rings. The Morgan fingerprint density at radius 1 is 1.20 bits per heavy atom. The number of benzene rings is 1. The van der Waals surface area contributed by atoms with Crippen molar-refractivity contribution in [1.29, 1.82) is 0 Å². The summed E-state index contributed by atoms with van der Waals surface area (Å²) in [6, 6.07) is 6.97. The Labute approximate surface area is 119 Å². The summed E-state index contributed by atoms with van der Waals surface area (Å²) < 4.78 is 5.41. The number of amides is 2. The van der Waals surface area contributed by atoms with E-state index in [1.165, 1.54) is 0 Å². The molecule has 0 saturated carbocycles. The van der Waals surface area contributed by atoms with Crippen LogP contribution in [0.15, 0.2) is 24.3 Å². The second-order valence-electron chi connectivity index (χ2n) is 5.52. The molecule has 5 nitrogen and oxygen atoms in total. The first-order valence-electron chi connectivity index (χ1n) is 6.64. The van der Waals surface area contributed by atoms with Gasteiger partial charge in [0.2, 0.25) is 5.91 Å². The SMILES string of the molecule is CCC(=O)Nc1cccc(OCC(=O)NC(C)(C)C)c1. The molecular weight excluding hydrogens is 256 g/mol. The number of carbonyl (C=O) groups is 2. The first kappa shape index (κ1) is 16.0. The van der Waals surface area contributed by atoms with Crippen molar-refractivity contribution in [2.24, 2.45) is 0 Å². The molecule has 2 amide bonds. The highest BCUT2D eigenvalue weighted by Crippen LogP contribution is 2.17. The van der Waals surface area contributed by atoms with Crippen molar-refractivity contribution in [2.75, 3.05) is 11.9 Å². The molecule has 0 heterocycles. The Kier molecular flexibility index (Phi) is 5.55. The van der Waals surface area contributed by atoms with Crippen LogP contribution in [0.5, 0.6) is 5.75 Å². The zero-order valence-electron chi connectivity index (χ0n) is 12.4. The van der Waals surface area contributed by atoms with Gasteiger partial charge in [-0.15, -0.1) is 0 Å². The summed E-state index contributed by atoms with van der Waals surface area (Å²) in [5, 5.41) is 5.55. The van der Waals surface area contributed by atoms with E-state index in [0.717, 1.165) is 0 Å². The Morgan fingerprint density at radius 2 is 1.90 bits per heavy atom. The van der Waals surface area contributed by atoms with Crippen LogP contribution in [0.2, 0.25) is 0 Å². The summed E-state index contributed by atoms with van der Waals surface area (Å²) in [4.78, 5) is 22.9. The summed E-state index contributed by atoms with van der Waals surface area (Å²) in [7, 11) is 0. The Balaban J connectivity index is 2.54. The van der Waals surface area contributed by atoms with E-state index < -0.39 is 0 Å². The van der Waals surface area contributed by atoms with Crippen molar-refractivity contribution in [3.05, 3.63) is 24.3 Å². The van der Waals surface area contributed by atoms with Gasteiger partial charge in [0.1, 0.15) is 5.75 Å². The van der Waals surface area contributed by atoms with Gasteiger partial charge in [-0.1, -0.05) is 13.0 Å². The normalized spacial score (nSPS) is 10.8. The monoisotopic (exact) mass is 278 g/mol. The Morgan fingerprint density at radius 3 is 2.50 bits per heavy atom. The lowest BCUT2D eigenvalue weighted by Crippen LogP contribution is -2.43. The van der Waals surface area contributed by atoms with E-state index in [2.05, 4.69) is 10.6 Å². The smallest absolute Gasteiger partial charge is 0.258 e. The number of nitrogens with one attached hydrogen (secondary N) is 2. The molecule has 0 saturated heterocycles. The van der Waals surface area contributed by atoms with Crippen molar-refractivity contribution < 1.29 is 14.3 Å². The highest BCUT2D eigenvalue weighted by molar-refractivity contribution is 5.90. The number of hydrogen-bond acceptors (Lipinski definition) is 3. The van der Waals surface area contributed by atoms with Crippen molar-refractivity contribution in [3.63, 3.8) is 0 Å². The quantitative estimate of drug-likeness (QED) is 0.868. The third-order valence-corrected chi connectivity index (χ3v) is 2.32. The third-order valence-electron chi connectivity index (χ3n) is 2.32. The standard InChI is InChI=1S/C15H22N2O3/c1-5-13(18)16-11-7-6-8-12(9-11)20-10-14(19)17-15(2,3)4/h6-9H,5,10H2,1-4H3,(H,16,18)(H,17,19). The fraction of sp³-hybridized carbons (Fsp3) is 0.467. The van der Waals surface area contributed by atoms with Crippen LogP contribution >= 0.6 is 0 Å². The molecule has 0 aliphatic heterocycles. The van der Waals surface area contributed by atoms with E-state index in [1.807, 2.05) is 20.8 Å². The van der Waals surface area contributed by atoms with Crippen molar-refractivity contribution >= 4 is 17.5 Å². The van der Waals surface area contributed by atoms with E-state index in [9.17, 15) is 9.59 Å². The van der Waals surface area contributed by atoms with Crippen LogP contribution in [0.4, 0.5) is 5.69 Å². The molecular formula is C15H22N2O3. The Hall–Kier alpha value is -2.04. The molecule has 5 heteroatoms. The van der Waals surface area contributed by atoms with Crippen molar-refractivity contribution in [3.8, 4) is 5.75 Å². The van der Waals surface area contributed by atoms with Crippen molar-refractivity contribution in [1.82, 2.24) is 5.32 Å². The fourth-order valence-corrected chi connectivity index (χ4v) is 1.52. The van der Waals surface area contributed by atoms with Gasteiger partial charge < -0.3 is 15.4 Å². The lowest BCUT2D eigenvalue weighted by Gasteiger charge is -2.20. The van der Waals surface area contributed by atoms with Gasteiger partial charge in [-0.3, -0.25) is 9.59 Å². The average Bonchev–Trinajstić information content (AvgIpc) is 2.34. The van der Waals surface area contributed by atoms with Crippen LogP contribution in [0, 0.1) is 0 Å². The second-order valence-corrected chi connectivity index (χ2v) is 5.52. The maximum Gasteiger partial charge on any atom is 0.258 e. The molecule has 0 atom stereocenters. The van der Waals surface area contributed by atoms with Crippen LogP contribution in [0.25, 0.3) is 0 Å². The summed E-state index contributed by atoms with van der Waals surface area (Å²) >= 11 is 0. The van der Waals surface area contributed by atoms with Crippen LogP contribution in [0.3, 0.4) is 0 Å². The predicted molar refractivity (Wildman–Crippen MR) is 78.8 cm³/mol. The van der Waals surface area contributed by atoms with Gasteiger partial charge in [-0.25, -0.2) is 0 Å². The molecule has 0 aliphatic carbocycles. The molecule has 1 aromatic rings. The maximum absolute atomic E-state index is 11.6. The number of hydrogen-bond donors (Lipinski definition) is 2. The predicted octanol–water partition coefficient (Wildman–Crippen LogP) is 2.33. The van der Waals surface area contributed by atoms with Gasteiger partial charge in [-0.05, 0) is 32.9 Å². The second kappa shape index (κ2) is 6.93. The summed E-state index contributed by atoms with van der Waals surface area (Å²) in [6.45, 7) is 7.46. The number of carbonyl (C=O) groups excluding carboxylic acids is 2. The van der Waals surface area contributed by atoms with Gasteiger partial charge in [-0.2, -0.15) is 0 Å². The minimum atomic E-state index is -0.280. The van der Waals surface area contributed by atoms with E-state index in [-0.39, 0.29) is 24.0 Å². The molecule has 0 bridgehead atoms. The topological polar surface area (TPSA) is 67.4 Å². The lowest BCUT2D eigenvalue weighted by molar-refractivity contribution is -0.124. The van der Waals surface area contributed by atoms with E-state index in [0.29, 0.717) is 17.9 Å². The largest absolute Gasteiger partial charge is 0.484 e. The first-order chi connectivity index (χ1) is 9.30. The van der Waals surface area contributed by atoms with E-state index in [1.54, 1.807) is 31.2 Å². The average molecular weight is 278 g/mol. The molecule has 1 aromatic carbocycles. The first-order valence-corrected chi connectivity index (χ1v) is 6.64. The van der Waals surface area contributed by atoms with Gasteiger partial charge in [0.25, 0.3) is 5.91 Å². The molecule has 0 unspecified atom stereocenters. The van der Waals surface area contributed by atoms with Gasteiger partial charge in [0.15, 0.2) is 6.61 Å². The van der Waals surface area contributed by atoms with Gasteiger partial charge >= 0.3 is 0 Å². The number of rotatable bonds is 5. The molecule has 20 heavy (non-hydrogen) atoms. The number of anilines is 1. The van der Waals surface area contributed by atoms with E-state index >= 15 is 0 Å². The van der Waals surface area contributed by atoms with Gasteiger partial charge in [0.05, 0.1) is 0 Å². The van der Waals surface area contributed by atoms with Crippen LogP contribution in [-0.4, -0.2) is 24.0 Å². The Bertz CT molecular complexity index is 478. The molecule has 110 valence electrons. The van der Waals surface area contributed by atoms with Gasteiger partial charge in [0, 0.05) is 23.7 Å². The molecule has 2 N–H and O–H groups in total. The summed E-state index contributed by atoms with van der Waals surface area (Å²) in [5.74, 6) is 0.302. The van der Waals surface area contributed by atoms with Crippen molar-refractivity contribution in [2.45, 2.75) is 39.7 Å². The molecule has 0 radical (unpaired) electrons. The molecule has 0 spiro atoms. The fourth-order valence-electron chi connectivity index (χ4n) is 1.52. The molecule has 1 rings (SSSR count). The minimum Gasteiger partial charge on any atom is -0.484 e. The third kappa shape index (κ3) is 6.22. The summed E-state index contributed by atoms with van der Waals surface area (Å²) in [6.07, 6.45) is 0.416. The number of ether oxygens (including phenoxy) is 1. The van der Waals surface area contributed by atoms with E-state index in [4.69, 9.17) is 4.74 Å². The highest BCUT2D eigenvalue weighted by Gasteiger charge is 2.13.